The van der Waals surface area contributed by atoms with E-state index in [1.807, 2.05) is 54.5 Å². The normalized spacial score (nSPS) is 24.9. The van der Waals surface area contributed by atoms with Gasteiger partial charge in [0.1, 0.15) is 11.9 Å². The Morgan fingerprint density at radius 3 is 2.49 bits per heavy atom. The number of fused-ring (bicyclic) bond motifs is 1. The SMILES string of the molecule is CC1CC(C2=NC3=NCC(C(O)N(C)Cc4ccccc4)=NN3C=C2c2ccccc2)=CCC1C1(N)CCC1. The van der Waals surface area contributed by atoms with Crippen molar-refractivity contribution in [3.63, 3.8) is 0 Å². The highest BCUT2D eigenvalue weighted by molar-refractivity contribution is 6.35. The number of nitrogens with zero attached hydrogens (tertiary/aromatic N) is 5. The Labute approximate surface area is 231 Å². The van der Waals surface area contributed by atoms with Crippen LogP contribution in [0.3, 0.4) is 0 Å². The molecule has 2 aliphatic carbocycles. The van der Waals surface area contributed by atoms with E-state index in [-0.39, 0.29) is 5.54 Å². The van der Waals surface area contributed by atoms with E-state index in [0.717, 1.165) is 48.1 Å². The molecule has 0 amide bonds. The minimum absolute atomic E-state index is 0.00219. The van der Waals surface area contributed by atoms with Crippen LogP contribution in [0.25, 0.3) is 5.57 Å². The van der Waals surface area contributed by atoms with Gasteiger partial charge in [0.05, 0.1) is 12.3 Å². The van der Waals surface area contributed by atoms with Crippen LogP contribution in [-0.4, -0.2) is 57.8 Å². The van der Waals surface area contributed by atoms with E-state index < -0.39 is 6.23 Å². The molecular weight excluding hydrogens is 484 g/mol. The molecule has 0 aromatic heterocycles. The first-order chi connectivity index (χ1) is 18.9. The van der Waals surface area contributed by atoms with E-state index in [4.69, 9.17) is 20.8 Å². The van der Waals surface area contributed by atoms with E-state index in [1.54, 1.807) is 5.01 Å². The van der Waals surface area contributed by atoms with Crippen molar-refractivity contribution in [3.8, 4) is 0 Å². The Kier molecular flexibility index (Phi) is 7.06. The summed E-state index contributed by atoms with van der Waals surface area (Å²) in [6.07, 6.45) is 9.02. The fourth-order valence-electron chi connectivity index (χ4n) is 6.40. The summed E-state index contributed by atoms with van der Waals surface area (Å²) in [7, 11) is 1.90. The van der Waals surface area contributed by atoms with Gasteiger partial charge in [-0.2, -0.15) is 5.10 Å². The van der Waals surface area contributed by atoms with Crippen molar-refractivity contribution in [2.75, 3.05) is 13.6 Å². The lowest BCUT2D eigenvalue weighted by atomic mass is 9.61. The molecule has 202 valence electrons. The molecule has 2 aromatic rings. The van der Waals surface area contributed by atoms with Gasteiger partial charge >= 0.3 is 0 Å². The first-order valence-electron chi connectivity index (χ1n) is 14.1. The second-order valence-corrected chi connectivity index (χ2v) is 11.5. The van der Waals surface area contributed by atoms with E-state index >= 15 is 0 Å². The number of rotatable bonds is 7. The van der Waals surface area contributed by atoms with Crippen molar-refractivity contribution >= 4 is 23.0 Å². The molecule has 0 radical (unpaired) electrons. The van der Waals surface area contributed by atoms with Crippen LogP contribution in [0.15, 0.2) is 93.6 Å². The highest BCUT2D eigenvalue weighted by Gasteiger charge is 2.44. The number of hydrogen-bond donors (Lipinski definition) is 2. The Bertz CT molecular complexity index is 1360. The second kappa shape index (κ2) is 10.6. The maximum atomic E-state index is 11.1. The molecule has 1 fully saturated rings. The molecule has 2 aromatic carbocycles. The Morgan fingerprint density at radius 2 is 1.82 bits per heavy atom. The Balaban J connectivity index is 1.27. The van der Waals surface area contributed by atoms with Crippen LogP contribution < -0.4 is 5.73 Å². The third-order valence-electron chi connectivity index (χ3n) is 8.79. The molecule has 1 saturated carbocycles. The first kappa shape index (κ1) is 25.9. The van der Waals surface area contributed by atoms with E-state index in [9.17, 15) is 5.11 Å². The second-order valence-electron chi connectivity index (χ2n) is 11.5. The number of aliphatic hydroxyl groups excluding tert-OH is 1. The smallest absolute Gasteiger partial charge is 0.246 e. The molecule has 3 atom stereocenters. The lowest BCUT2D eigenvalue weighted by Crippen LogP contribution is -2.55. The molecule has 3 unspecified atom stereocenters. The molecule has 7 nitrogen and oxygen atoms in total. The van der Waals surface area contributed by atoms with Gasteiger partial charge < -0.3 is 10.8 Å². The van der Waals surface area contributed by atoms with Crippen LogP contribution in [0.5, 0.6) is 0 Å². The first-order valence-corrected chi connectivity index (χ1v) is 14.1. The van der Waals surface area contributed by atoms with Crippen molar-refractivity contribution in [2.45, 2.75) is 57.3 Å². The van der Waals surface area contributed by atoms with Crippen LogP contribution >= 0.6 is 0 Å². The van der Waals surface area contributed by atoms with E-state index in [0.29, 0.717) is 36.6 Å². The number of benzene rings is 2. The summed E-state index contributed by atoms with van der Waals surface area (Å²) in [6.45, 7) is 3.27. The minimum Gasteiger partial charge on any atom is -0.373 e. The van der Waals surface area contributed by atoms with E-state index in [1.165, 1.54) is 12.0 Å². The van der Waals surface area contributed by atoms with Gasteiger partial charge in [-0.05, 0) is 67.7 Å². The summed E-state index contributed by atoms with van der Waals surface area (Å²) < 4.78 is 0. The van der Waals surface area contributed by atoms with Crippen molar-refractivity contribution in [1.82, 2.24) is 9.91 Å². The molecule has 0 spiro atoms. The zero-order chi connectivity index (χ0) is 27.0. The lowest BCUT2D eigenvalue weighted by Gasteiger charge is -2.48. The van der Waals surface area contributed by atoms with E-state index in [2.05, 4.69) is 37.3 Å². The number of allylic oxidation sites excluding steroid dienone is 3. The summed E-state index contributed by atoms with van der Waals surface area (Å²) in [5.74, 6) is 1.59. The largest absolute Gasteiger partial charge is 0.373 e. The van der Waals surface area contributed by atoms with Gasteiger partial charge in [0.2, 0.25) is 5.96 Å². The number of aliphatic hydroxyl groups is 1. The van der Waals surface area contributed by atoms with Crippen molar-refractivity contribution < 1.29 is 5.11 Å². The maximum absolute atomic E-state index is 11.1. The van der Waals surface area contributed by atoms with Gasteiger partial charge in [0, 0.05) is 23.9 Å². The van der Waals surface area contributed by atoms with Crippen LogP contribution in [0.1, 0.15) is 50.2 Å². The summed E-state index contributed by atoms with van der Waals surface area (Å²) >= 11 is 0. The monoisotopic (exact) mass is 522 g/mol. The topological polar surface area (TPSA) is 89.8 Å². The van der Waals surface area contributed by atoms with Crippen LogP contribution in [-0.2, 0) is 6.54 Å². The third-order valence-corrected chi connectivity index (χ3v) is 8.79. The number of hydrogen-bond acceptors (Lipinski definition) is 7. The lowest BCUT2D eigenvalue weighted by molar-refractivity contribution is 0.0713. The molecule has 2 aliphatic heterocycles. The highest BCUT2D eigenvalue weighted by atomic mass is 16.3. The maximum Gasteiger partial charge on any atom is 0.246 e. The molecule has 7 heteroatoms. The van der Waals surface area contributed by atoms with Crippen LogP contribution in [0.2, 0.25) is 0 Å². The average molecular weight is 523 g/mol. The Morgan fingerprint density at radius 1 is 1.10 bits per heavy atom. The predicted octanol–water partition coefficient (Wildman–Crippen LogP) is 4.81. The zero-order valence-electron chi connectivity index (χ0n) is 22.9. The molecule has 0 bridgehead atoms. The third kappa shape index (κ3) is 5.14. The standard InChI is InChI=1S/C32H38N6O/c1-22-18-25(14-15-27(22)32(33)16-9-17-32)29-26(24-12-7-4-8-13-24)21-38-31(35-29)34-19-28(36-38)30(39)37(2)20-23-10-5-3-6-11-23/h3-8,10-14,21-22,27,30,39H,9,15-20,33H2,1-2H3. The quantitative estimate of drug-likeness (QED) is 0.511. The van der Waals surface area contributed by atoms with Gasteiger partial charge in [-0.25, -0.2) is 15.0 Å². The van der Waals surface area contributed by atoms with Crippen LogP contribution in [0, 0.1) is 11.8 Å². The van der Waals surface area contributed by atoms with Crippen LogP contribution in [0.4, 0.5) is 0 Å². The summed E-state index contributed by atoms with van der Waals surface area (Å²) in [4.78, 5) is 11.7. The van der Waals surface area contributed by atoms with Crippen molar-refractivity contribution in [3.05, 3.63) is 89.6 Å². The van der Waals surface area contributed by atoms with Gasteiger partial charge in [0.25, 0.3) is 0 Å². The molecular formula is C32H38N6O. The number of guanidine groups is 1. The number of hydrazone groups is 1. The van der Waals surface area contributed by atoms with Gasteiger partial charge in [-0.1, -0.05) is 73.7 Å². The molecule has 6 rings (SSSR count). The summed E-state index contributed by atoms with van der Waals surface area (Å²) in [5, 5.41) is 17.6. The summed E-state index contributed by atoms with van der Waals surface area (Å²) in [5.41, 5.74) is 12.8. The fourth-order valence-corrected chi connectivity index (χ4v) is 6.40. The van der Waals surface area contributed by atoms with Gasteiger partial charge in [-0.3, -0.25) is 4.90 Å². The molecule has 3 N–H and O–H groups in total. The molecule has 2 heterocycles. The number of aliphatic imine (C=N–C) groups is 2. The minimum atomic E-state index is -0.844. The molecule has 4 aliphatic rings. The number of nitrogens with two attached hydrogens (primary N) is 1. The molecule has 39 heavy (non-hydrogen) atoms. The summed E-state index contributed by atoms with van der Waals surface area (Å²) in [6, 6.07) is 20.5. The van der Waals surface area contributed by atoms with Crippen molar-refractivity contribution in [2.24, 2.45) is 32.7 Å². The fraction of sp³-hybridized carbons (Fsp3) is 0.406. The zero-order valence-corrected chi connectivity index (χ0v) is 22.9. The van der Waals surface area contributed by atoms with Gasteiger partial charge in [0.15, 0.2) is 0 Å². The predicted molar refractivity (Wildman–Crippen MR) is 158 cm³/mol. The van der Waals surface area contributed by atoms with Crippen molar-refractivity contribution in [1.29, 1.82) is 0 Å². The highest BCUT2D eigenvalue weighted by Crippen LogP contribution is 2.46. The average Bonchev–Trinajstić information content (AvgIpc) is 2.95. The Hall–Kier alpha value is -3.39. The van der Waals surface area contributed by atoms with Gasteiger partial charge in [-0.15, -0.1) is 0 Å². The molecule has 0 saturated heterocycles.